The van der Waals surface area contributed by atoms with Crippen molar-refractivity contribution >= 4 is 22.4 Å². The zero-order chi connectivity index (χ0) is 21.9. The predicted molar refractivity (Wildman–Crippen MR) is 125 cm³/mol. The van der Waals surface area contributed by atoms with Crippen LogP contribution in [0.15, 0.2) is 67.4 Å². The number of nitrogens with zero attached hydrogens (tertiary/aromatic N) is 6. The summed E-state index contributed by atoms with van der Waals surface area (Å²) in [6, 6.07) is 11.5. The minimum absolute atomic E-state index is 0.0381. The number of rotatable bonds is 5. The summed E-state index contributed by atoms with van der Waals surface area (Å²) >= 11 is 0. The average Bonchev–Trinajstić information content (AvgIpc) is 2.84. The van der Waals surface area contributed by atoms with E-state index in [1.165, 1.54) is 0 Å². The summed E-state index contributed by atoms with van der Waals surface area (Å²) in [6.45, 7) is 3.83. The number of hydrogen-bond donors (Lipinski definition) is 0. The zero-order valence-corrected chi connectivity index (χ0v) is 18.0. The van der Waals surface area contributed by atoms with Crippen LogP contribution in [0, 0.1) is 0 Å². The number of carbonyl (C=O) groups is 1. The highest BCUT2D eigenvalue weighted by molar-refractivity contribution is 5.98. The summed E-state index contributed by atoms with van der Waals surface area (Å²) < 4.78 is 0. The van der Waals surface area contributed by atoms with E-state index < -0.39 is 0 Å². The van der Waals surface area contributed by atoms with Crippen molar-refractivity contribution in [1.82, 2.24) is 24.8 Å². The molecule has 0 bridgehead atoms. The van der Waals surface area contributed by atoms with Gasteiger partial charge in [0.1, 0.15) is 5.82 Å². The van der Waals surface area contributed by atoms with Gasteiger partial charge in [0, 0.05) is 79.4 Å². The molecule has 5 rings (SSSR count). The maximum atomic E-state index is 13.0. The topological polar surface area (TPSA) is 75.1 Å². The van der Waals surface area contributed by atoms with Crippen molar-refractivity contribution in [2.75, 3.05) is 38.1 Å². The van der Waals surface area contributed by atoms with Crippen LogP contribution in [0.25, 0.3) is 22.0 Å². The molecule has 4 aromatic heterocycles. The molecule has 7 heteroatoms. The first-order chi connectivity index (χ1) is 15.7. The Kier molecular flexibility index (Phi) is 5.56. The second kappa shape index (κ2) is 8.80. The van der Waals surface area contributed by atoms with Crippen LogP contribution in [0.4, 0.5) is 5.82 Å². The quantitative estimate of drug-likeness (QED) is 0.455. The Hall–Kier alpha value is -3.71. The predicted octanol–water partition coefficient (Wildman–Crippen LogP) is 3.26. The fourth-order valence-corrected chi connectivity index (χ4v) is 3.92. The maximum absolute atomic E-state index is 13.0. The van der Waals surface area contributed by atoms with E-state index in [0.717, 1.165) is 59.7 Å². The molecule has 1 saturated heterocycles. The Morgan fingerprint density at radius 2 is 1.75 bits per heavy atom. The number of aromatic nitrogens is 4. The molecule has 0 saturated carbocycles. The zero-order valence-electron chi connectivity index (χ0n) is 18.0. The van der Waals surface area contributed by atoms with Crippen LogP contribution >= 0.6 is 0 Å². The summed E-state index contributed by atoms with van der Waals surface area (Å²) in [6.07, 6.45) is 9.09. The fourth-order valence-electron chi connectivity index (χ4n) is 3.92. The second-order valence-corrected chi connectivity index (χ2v) is 8.13. The average molecular weight is 425 g/mol. The van der Waals surface area contributed by atoms with Crippen molar-refractivity contribution < 1.29 is 4.79 Å². The lowest BCUT2D eigenvalue weighted by Crippen LogP contribution is -2.44. The molecular formula is C25H24N6O. The second-order valence-electron chi connectivity index (χ2n) is 8.13. The first-order valence-electron chi connectivity index (χ1n) is 10.7. The first-order valence-corrected chi connectivity index (χ1v) is 10.7. The van der Waals surface area contributed by atoms with Crippen LogP contribution in [0.5, 0.6) is 0 Å². The van der Waals surface area contributed by atoms with Gasteiger partial charge in [0.15, 0.2) is 5.78 Å². The van der Waals surface area contributed by atoms with Crippen molar-refractivity contribution in [3.63, 3.8) is 0 Å². The van der Waals surface area contributed by atoms with Gasteiger partial charge in [-0.2, -0.15) is 0 Å². The van der Waals surface area contributed by atoms with Crippen LogP contribution in [-0.2, 0) is 6.42 Å². The minimum atomic E-state index is 0.0381. The number of Topliss-reactive ketones (excluding diaryl/α,β-unsaturated/α-hetero) is 1. The third kappa shape index (κ3) is 4.33. The van der Waals surface area contributed by atoms with Gasteiger partial charge in [0.25, 0.3) is 0 Å². The van der Waals surface area contributed by atoms with Crippen molar-refractivity contribution in [2.45, 2.75) is 6.42 Å². The number of ketones is 1. The van der Waals surface area contributed by atoms with Crippen LogP contribution < -0.4 is 4.90 Å². The molecule has 1 fully saturated rings. The number of fused-ring (bicyclic) bond motifs is 1. The molecule has 0 aliphatic carbocycles. The smallest absolute Gasteiger partial charge is 0.169 e. The van der Waals surface area contributed by atoms with Gasteiger partial charge >= 0.3 is 0 Å². The van der Waals surface area contributed by atoms with Gasteiger partial charge in [-0.3, -0.25) is 19.7 Å². The SMILES string of the molecule is CN1CCN(c2cc(C(=O)Cc3cc4cc(-c5cccnc5)ncc4cn3)ccn2)CC1. The molecule has 0 amide bonds. The Bertz CT molecular complexity index is 1250. The third-order valence-electron chi connectivity index (χ3n) is 5.85. The fraction of sp³-hybridized carbons (Fsp3) is 0.240. The van der Waals surface area contributed by atoms with Gasteiger partial charge in [-0.25, -0.2) is 4.98 Å². The van der Waals surface area contributed by atoms with Crippen molar-refractivity contribution in [3.8, 4) is 11.3 Å². The Morgan fingerprint density at radius 1 is 0.906 bits per heavy atom. The molecular weight excluding hydrogens is 400 g/mol. The van der Waals surface area contributed by atoms with Gasteiger partial charge in [-0.15, -0.1) is 0 Å². The van der Waals surface area contributed by atoms with E-state index >= 15 is 0 Å². The molecule has 5 heterocycles. The van der Waals surface area contributed by atoms with Crippen LogP contribution in [0.1, 0.15) is 16.1 Å². The largest absolute Gasteiger partial charge is 0.354 e. The Labute approximate surface area is 186 Å². The molecule has 0 aromatic carbocycles. The number of pyridine rings is 4. The van der Waals surface area contributed by atoms with E-state index in [9.17, 15) is 4.79 Å². The number of hydrogen-bond acceptors (Lipinski definition) is 7. The molecule has 0 spiro atoms. The van der Waals surface area contributed by atoms with Gasteiger partial charge in [0.05, 0.1) is 12.1 Å². The van der Waals surface area contributed by atoms with Gasteiger partial charge < -0.3 is 9.80 Å². The summed E-state index contributed by atoms with van der Waals surface area (Å²) in [7, 11) is 2.12. The van der Waals surface area contributed by atoms with Gasteiger partial charge in [-0.05, 0) is 48.8 Å². The standard InChI is InChI=1S/C25H24N6O/c1-30-7-9-31(10-8-30)25-13-18(4-6-27-25)24(32)14-22-11-20-12-23(19-3-2-5-26-15-19)29-17-21(20)16-28-22/h2-6,11-13,15-17H,7-10,14H2,1H3. The molecule has 4 aromatic rings. The van der Waals surface area contributed by atoms with Crippen LogP contribution in [0.3, 0.4) is 0 Å². The molecule has 1 aliphatic rings. The number of likely N-dealkylation sites (N-methyl/N-ethyl adjacent to an activating group) is 1. The molecule has 32 heavy (non-hydrogen) atoms. The summed E-state index contributed by atoms with van der Waals surface area (Å²) in [5.41, 5.74) is 3.21. The molecule has 1 aliphatic heterocycles. The van der Waals surface area contributed by atoms with Gasteiger partial charge in [0.2, 0.25) is 0 Å². The van der Waals surface area contributed by atoms with Crippen molar-refractivity contribution in [2.24, 2.45) is 0 Å². The summed E-state index contributed by atoms with van der Waals surface area (Å²) in [4.78, 5) is 35.2. The monoisotopic (exact) mass is 424 g/mol. The lowest BCUT2D eigenvalue weighted by Gasteiger charge is -2.33. The van der Waals surface area contributed by atoms with E-state index in [0.29, 0.717) is 5.56 Å². The number of carbonyl (C=O) groups excluding carboxylic acids is 1. The van der Waals surface area contributed by atoms with E-state index in [1.807, 2.05) is 36.5 Å². The normalized spacial score (nSPS) is 14.6. The first kappa shape index (κ1) is 20.2. The molecule has 0 radical (unpaired) electrons. The molecule has 7 nitrogen and oxygen atoms in total. The molecule has 0 N–H and O–H groups in total. The lowest BCUT2D eigenvalue weighted by molar-refractivity contribution is 0.0992. The number of anilines is 1. The minimum Gasteiger partial charge on any atom is -0.354 e. The van der Waals surface area contributed by atoms with Crippen molar-refractivity contribution in [3.05, 3.63) is 78.6 Å². The highest BCUT2D eigenvalue weighted by atomic mass is 16.1. The maximum Gasteiger partial charge on any atom is 0.169 e. The van der Waals surface area contributed by atoms with E-state index in [2.05, 4.69) is 36.8 Å². The van der Waals surface area contributed by atoms with Crippen LogP contribution in [0.2, 0.25) is 0 Å². The van der Waals surface area contributed by atoms with E-state index in [-0.39, 0.29) is 12.2 Å². The van der Waals surface area contributed by atoms with E-state index in [1.54, 1.807) is 30.9 Å². The molecule has 160 valence electrons. The Balaban J connectivity index is 1.36. The van der Waals surface area contributed by atoms with Crippen LogP contribution in [-0.4, -0.2) is 63.8 Å². The summed E-state index contributed by atoms with van der Waals surface area (Å²) in [5, 5.41) is 1.94. The lowest BCUT2D eigenvalue weighted by atomic mass is 10.0. The van der Waals surface area contributed by atoms with Gasteiger partial charge in [-0.1, -0.05) is 0 Å². The third-order valence-corrected chi connectivity index (χ3v) is 5.85. The molecule has 0 atom stereocenters. The highest BCUT2D eigenvalue weighted by Gasteiger charge is 2.17. The van der Waals surface area contributed by atoms with Crippen molar-refractivity contribution in [1.29, 1.82) is 0 Å². The summed E-state index contributed by atoms with van der Waals surface area (Å²) in [5.74, 6) is 0.902. The number of piperazine rings is 1. The van der Waals surface area contributed by atoms with E-state index in [4.69, 9.17) is 0 Å². The Morgan fingerprint density at radius 3 is 2.56 bits per heavy atom. The highest BCUT2D eigenvalue weighted by Crippen LogP contribution is 2.22. The molecule has 0 unspecified atom stereocenters.